The highest BCUT2D eigenvalue weighted by Gasteiger charge is 2.18. The van der Waals surface area contributed by atoms with Gasteiger partial charge in [0.2, 0.25) is 10.0 Å². The molecule has 2 aromatic rings. The molecule has 0 radical (unpaired) electrons. The molecule has 0 aromatic heterocycles. The second kappa shape index (κ2) is 11.7. The van der Waals surface area contributed by atoms with Gasteiger partial charge < -0.3 is 5.32 Å². The molecule has 0 fully saturated rings. The molecule has 0 aliphatic carbocycles. The number of nitrogens with one attached hydrogen (secondary N) is 2. The molecule has 0 saturated heterocycles. The fraction of sp³-hybridized carbons (Fsp3) is 0.350. The minimum absolute atomic E-state index is 0. The molecule has 1 atom stereocenters. The van der Waals surface area contributed by atoms with Gasteiger partial charge in [-0.3, -0.25) is 14.4 Å². The third-order valence-electron chi connectivity index (χ3n) is 4.35. The van der Waals surface area contributed by atoms with Crippen LogP contribution in [0.5, 0.6) is 0 Å². The number of halogens is 3. The van der Waals surface area contributed by atoms with E-state index in [4.69, 9.17) is 0 Å². The van der Waals surface area contributed by atoms with Crippen LogP contribution in [0.1, 0.15) is 31.1 Å². The van der Waals surface area contributed by atoms with Gasteiger partial charge >= 0.3 is 0 Å². The molecule has 2 N–H and O–H groups in total. The fourth-order valence-corrected chi connectivity index (χ4v) is 4.43. The third-order valence-corrected chi connectivity index (χ3v) is 6.05. The van der Waals surface area contributed by atoms with Crippen molar-refractivity contribution in [2.24, 2.45) is 0 Å². The van der Waals surface area contributed by atoms with E-state index in [9.17, 15) is 22.0 Å². The summed E-state index contributed by atoms with van der Waals surface area (Å²) in [7, 11) is -3.60. The van der Waals surface area contributed by atoms with Crippen molar-refractivity contribution in [3.05, 3.63) is 53.6 Å². The van der Waals surface area contributed by atoms with Crippen LogP contribution in [0.15, 0.2) is 46.2 Å². The lowest BCUT2D eigenvalue weighted by Crippen LogP contribution is -2.46. The molecular formula is C20H26ClF2N3O3S2. The number of hydrogen-bond donors (Lipinski definition) is 2. The molecule has 0 spiro atoms. The van der Waals surface area contributed by atoms with Crippen molar-refractivity contribution >= 4 is 45.8 Å². The van der Waals surface area contributed by atoms with E-state index in [1.54, 1.807) is 0 Å². The lowest BCUT2D eigenvalue weighted by atomic mass is 10.2. The summed E-state index contributed by atoms with van der Waals surface area (Å²) in [5.74, 6) is -1.85. The normalized spacial score (nSPS) is 12.2. The van der Waals surface area contributed by atoms with E-state index in [-0.39, 0.29) is 40.6 Å². The molecule has 6 nitrogen and oxygen atoms in total. The number of carbonyl (C=O) groups excluding carboxylic acids is 1. The van der Waals surface area contributed by atoms with Gasteiger partial charge in [0.05, 0.1) is 18.1 Å². The Morgan fingerprint density at radius 1 is 1.10 bits per heavy atom. The van der Waals surface area contributed by atoms with Crippen LogP contribution in [0, 0.1) is 11.6 Å². The molecular weight excluding hydrogens is 468 g/mol. The van der Waals surface area contributed by atoms with Crippen LogP contribution < -0.4 is 10.0 Å². The SMILES string of the molecule is CCN(CC)C(C)NC(=O)c1ccc(NS(C)(=O)=O)c(Sc2ccc(F)cc2F)c1.Cl. The second-order valence-electron chi connectivity index (χ2n) is 6.63. The van der Waals surface area contributed by atoms with Crippen LogP contribution in [0.4, 0.5) is 14.5 Å². The first kappa shape index (κ1) is 27.2. The van der Waals surface area contributed by atoms with Gasteiger partial charge in [-0.15, -0.1) is 12.4 Å². The average Bonchev–Trinajstić information content (AvgIpc) is 2.65. The van der Waals surface area contributed by atoms with Gasteiger partial charge in [-0.25, -0.2) is 17.2 Å². The number of hydrogen-bond acceptors (Lipinski definition) is 5. The van der Waals surface area contributed by atoms with Crippen molar-refractivity contribution in [3.8, 4) is 0 Å². The summed E-state index contributed by atoms with van der Waals surface area (Å²) in [6, 6.07) is 7.52. The summed E-state index contributed by atoms with van der Waals surface area (Å²) >= 11 is 0.897. The Bertz CT molecular complexity index is 1020. The summed E-state index contributed by atoms with van der Waals surface area (Å²) in [4.78, 5) is 15.2. The van der Waals surface area contributed by atoms with Crippen molar-refractivity contribution in [1.82, 2.24) is 10.2 Å². The molecule has 0 heterocycles. The predicted molar refractivity (Wildman–Crippen MR) is 122 cm³/mol. The first-order valence-corrected chi connectivity index (χ1v) is 12.0. The maximum atomic E-state index is 14.1. The molecule has 1 amide bonds. The van der Waals surface area contributed by atoms with Crippen molar-refractivity contribution < 1.29 is 22.0 Å². The van der Waals surface area contributed by atoms with Crippen LogP contribution >= 0.6 is 24.2 Å². The summed E-state index contributed by atoms with van der Waals surface area (Å²) in [5.41, 5.74) is 0.484. The second-order valence-corrected chi connectivity index (χ2v) is 9.46. The molecule has 0 aliphatic rings. The minimum atomic E-state index is -3.60. The van der Waals surface area contributed by atoms with Crippen molar-refractivity contribution in [3.63, 3.8) is 0 Å². The lowest BCUT2D eigenvalue weighted by Gasteiger charge is -2.27. The number of anilines is 1. The zero-order valence-electron chi connectivity index (χ0n) is 17.6. The van der Waals surface area contributed by atoms with E-state index in [0.29, 0.717) is 4.90 Å². The first-order valence-electron chi connectivity index (χ1n) is 9.33. The Morgan fingerprint density at radius 3 is 2.29 bits per heavy atom. The van der Waals surface area contributed by atoms with Gasteiger partial charge in [0, 0.05) is 21.4 Å². The number of amides is 1. The van der Waals surface area contributed by atoms with Gasteiger partial charge in [-0.05, 0) is 50.3 Å². The molecule has 0 aliphatic heterocycles. The smallest absolute Gasteiger partial charge is 0.252 e. The zero-order valence-corrected chi connectivity index (χ0v) is 20.1. The lowest BCUT2D eigenvalue weighted by molar-refractivity contribution is 0.0875. The van der Waals surface area contributed by atoms with Crippen molar-refractivity contribution in [2.75, 3.05) is 24.1 Å². The zero-order chi connectivity index (χ0) is 22.5. The third kappa shape index (κ3) is 7.95. The van der Waals surface area contributed by atoms with Crippen molar-refractivity contribution in [2.45, 2.75) is 36.7 Å². The highest BCUT2D eigenvalue weighted by molar-refractivity contribution is 7.99. The molecule has 172 valence electrons. The number of sulfonamides is 1. The average molecular weight is 494 g/mol. The van der Waals surface area contributed by atoms with Gasteiger partial charge in [0.25, 0.3) is 5.91 Å². The quantitative estimate of drug-likeness (QED) is 0.508. The largest absolute Gasteiger partial charge is 0.337 e. The Balaban J connectivity index is 0.00000480. The van der Waals surface area contributed by atoms with Gasteiger partial charge in [-0.2, -0.15) is 0 Å². The molecule has 11 heteroatoms. The summed E-state index contributed by atoms with van der Waals surface area (Å²) in [5, 5.41) is 2.89. The topological polar surface area (TPSA) is 78.5 Å². The predicted octanol–water partition coefficient (Wildman–Crippen LogP) is 4.33. The molecule has 1 unspecified atom stereocenters. The van der Waals surface area contributed by atoms with E-state index in [1.165, 1.54) is 24.3 Å². The maximum absolute atomic E-state index is 14.1. The summed E-state index contributed by atoms with van der Waals surface area (Å²) in [6.45, 7) is 7.38. The number of carbonyl (C=O) groups is 1. The van der Waals surface area contributed by atoms with Crippen LogP contribution in [0.2, 0.25) is 0 Å². The van der Waals surface area contributed by atoms with E-state index in [2.05, 4.69) is 14.9 Å². The number of nitrogens with zero attached hydrogens (tertiary/aromatic N) is 1. The van der Waals surface area contributed by atoms with E-state index < -0.39 is 21.7 Å². The van der Waals surface area contributed by atoms with E-state index >= 15 is 0 Å². The highest BCUT2D eigenvalue weighted by atomic mass is 35.5. The van der Waals surface area contributed by atoms with Gasteiger partial charge in [0.15, 0.2) is 0 Å². The van der Waals surface area contributed by atoms with Crippen LogP contribution in [0.25, 0.3) is 0 Å². The minimum Gasteiger partial charge on any atom is -0.337 e. The number of rotatable bonds is 9. The van der Waals surface area contributed by atoms with Crippen LogP contribution in [0.3, 0.4) is 0 Å². The van der Waals surface area contributed by atoms with Gasteiger partial charge in [-0.1, -0.05) is 25.6 Å². The Labute approximate surface area is 192 Å². The van der Waals surface area contributed by atoms with E-state index in [1.807, 2.05) is 20.8 Å². The molecule has 2 aromatic carbocycles. The molecule has 0 saturated carbocycles. The first-order chi connectivity index (χ1) is 14.0. The maximum Gasteiger partial charge on any atom is 0.252 e. The van der Waals surface area contributed by atoms with E-state index in [0.717, 1.165) is 43.2 Å². The molecule has 0 bridgehead atoms. The van der Waals surface area contributed by atoms with Crippen LogP contribution in [-0.4, -0.2) is 44.7 Å². The molecule has 2 rings (SSSR count). The van der Waals surface area contributed by atoms with Crippen molar-refractivity contribution in [1.29, 1.82) is 0 Å². The van der Waals surface area contributed by atoms with Crippen LogP contribution in [-0.2, 0) is 10.0 Å². The Morgan fingerprint density at radius 2 is 1.74 bits per heavy atom. The fourth-order valence-electron chi connectivity index (χ4n) is 2.84. The summed E-state index contributed by atoms with van der Waals surface area (Å²) in [6.07, 6.45) is 0.790. The Kier molecular flexibility index (Phi) is 10.2. The molecule has 31 heavy (non-hydrogen) atoms. The standard InChI is InChI=1S/C20H25F2N3O3S2.ClH/c1-5-25(6-2)13(3)23-20(26)14-7-9-17(24-30(4,27)28)19(11-14)29-18-10-8-15(21)12-16(18)22;/h7-13,24H,5-6H2,1-4H3,(H,23,26);1H. The highest BCUT2D eigenvalue weighted by Crippen LogP contribution is 2.36. The summed E-state index contributed by atoms with van der Waals surface area (Å²) < 4.78 is 53.1. The number of benzene rings is 2. The van der Waals surface area contributed by atoms with Gasteiger partial charge in [0.1, 0.15) is 11.6 Å². The Hall–Kier alpha value is -1.88. The monoisotopic (exact) mass is 493 g/mol.